The van der Waals surface area contributed by atoms with Crippen molar-refractivity contribution < 1.29 is 19.5 Å². The number of nitrogens with one attached hydrogen (secondary N) is 1. The van der Waals surface area contributed by atoms with Gasteiger partial charge in [-0.1, -0.05) is 12.1 Å². The maximum absolute atomic E-state index is 12.2. The summed E-state index contributed by atoms with van der Waals surface area (Å²) >= 11 is 0. The first kappa shape index (κ1) is 16.2. The fraction of sp³-hybridized carbons (Fsp3) is 0.438. The molecule has 2 N–H and O–H groups in total. The third-order valence-corrected chi connectivity index (χ3v) is 3.78. The number of Topliss-reactive ketones (excluding diaryl/α,β-unsaturated/α-hetero) is 1. The molecule has 1 saturated carbocycles. The van der Waals surface area contributed by atoms with E-state index in [0.717, 1.165) is 12.8 Å². The van der Waals surface area contributed by atoms with Crippen molar-refractivity contribution in [3.8, 4) is 0 Å². The van der Waals surface area contributed by atoms with Crippen LogP contribution in [0.5, 0.6) is 0 Å². The van der Waals surface area contributed by atoms with E-state index in [1.54, 1.807) is 36.1 Å². The minimum absolute atomic E-state index is 0.00434. The lowest BCUT2D eigenvalue weighted by Crippen LogP contribution is -2.44. The van der Waals surface area contributed by atoms with Crippen molar-refractivity contribution >= 4 is 23.3 Å². The van der Waals surface area contributed by atoms with Crippen molar-refractivity contribution in [3.63, 3.8) is 0 Å². The number of para-hydroxylation sites is 1. The quantitative estimate of drug-likeness (QED) is 0.750. The predicted molar refractivity (Wildman–Crippen MR) is 81.9 cm³/mol. The minimum Gasteiger partial charge on any atom is -0.480 e. The lowest BCUT2D eigenvalue weighted by Gasteiger charge is -2.25. The van der Waals surface area contributed by atoms with Crippen LogP contribution in [-0.2, 0) is 9.59 Å². The Morgan fingerprint density at radius 1 is 1.32 bits per heavy atom. The Morgan fingerprint density at radius 2 is 1.95 bits per heavy atom. The van der Waals surface area contributed by atoms with Crippen LogP contribution in [0.4, 0.5) is 5.69 Å². The van der Waals surface area contributed by atoms with E-state index in [0.29, 0.717) is 11.3 Å². The first-order chi connectivity index (χ1) is 10.4. The van der Waals surface area contributed by atoms with Crippen LogP contribution >= 0.6 is 0 Å². The van der Waals surface area contributed by atoms with Gasteiger partial charge in [0.25, 0.3) is 0 Å². The number of hydrogen-bond donors (Lipinski definition) is 2. The normalized spacial score (nSPS) is 15.4. The largest absolute Gasteiger partial charge is 0.480 e. The Balaban J connectivity index is 2.06. The summed E-state index contributed by atoms with van der Waals surface area (Å²) in [5, 5.41) is 11.8. The Bertz CT molecular complexity index is 596. The number of carbonyl (C=O) groups excluding carboxylic acids is 2. The molecule has 0 aliphatic heterocycles. The molecule has 0 spiro atoms. The number of nitrogens with zero attached hydrogens (tertiary/aromatic N) is 1. The van der Waals surface area contributed by atoms with Gasteiger partial charge in [-0.2, -0.15) is 0 Å². The van der Waals surface area contributed by atoms with Gasteiger partial charge in [-0.05, 0) is 38.8 Å². The first-order valence-electron chi connectivity index (χ1n) is 7.28. The standard InChI is InChI=1S/C16H20N2O4/c1-10(16(21)22)18(12-7-8-12)9-15(20)17-14-6-4-3-5-13(14)11(2)19/h3-6,10,12H,7-9H2,1-2H3,(H,17,20)(H,21,22). The van der Waals surface area contributed by atoms with Crippen LogP contribution in [0.1, 0.15) is 37.0 Å². The van der Waals surface area contributed by atoms with Crippen LogP contribution in [0.15, 0.2) is 24.3 Å². The zero-order chi connectivity index (χ0) is 16.3. The number of rotatable bonds is 7. The van der Waals surface area contributed by atoms with Gasteiger partial charge in [-0.25, -0.2) is 0 Å². The third kappa shape index (κ3) is 3.92. The van der Waals surface area contributed by atoms with Crippen molar-refractivity contribution in [1.29, 1.82) is 0 Å². The van der Waals surface area contributed by atoms with E-state index < -0.39 is 12.0 Å². The van der Waals surface area contributed by atoms with E-state index in [9.17, 15) is 14.4 Å². The topological polar surface area (TPSA) is 86.7 Å². The molecule has 0 radical (unpaired) electrons. The number of anilines is 1. The summed E-state index contributed by atoms with van der Waals surface area (Å²) in [7, 11) is 0. The lowest BCUT2D eigenvalue weighted by atomic mass is 10.1. The Hall–Kier alpha value is -2.21. The summed E-state index contributed by atoms with van der Waals surface area (Å²) in [6.45, 7) is 3.02. The van der Waals surface area contributed by atoms with Gasteiger partial charge in [-0.15, -0.1) is 0 Å². The Kier molecular flexibility index (Phi) is 4.92. The van der Waals surface area contributed by atoms with E-state index >= 15 is 0 Å². The highest BCUT2D eigenvalue weighted by atomic mass is 16.4. The second kappa shape index (κ2) is 6.70. The van der Waals surface area contributed by atoms with Crippen molar-refractivity contribution in [1.82, 2.24) is 4.90 Å². The second-order valence-corrected chi connectivity index (χ2v) is 5.57. The Labute approximate surface area is 129 Å². The summed E-state index contributed by atoms with van der Waals surface area (Å²) in [4.78, 5) is 36.6. The van der Waals surface area contributed by atoms with E-state index in [1.807, 2.05) is 0 Å². The number of benzene rings is 1. The van der Waals surface area contributed by atoms with E-state index in [4.69, 9.17) is 5.11 Å². The molecule has 0 heterocycles. The first-order valence-corrected chi connectivity index (χ1v) is 7.28. The number of amides is 1. The number of carbonyl (C=O) groups is 3. The molecule has 0 aromatic heterocycles. The van der Waals surface area contributed by atoms with Crippen molar-refractivity contribution in [3.05, 3.63) is 29.8 Å². The van der Waals surface area contributed by atoms with Crippen LogP contribution in [0.25, 0.3) is 0 Å². The molecule has 1 amide bonds. The fourth-order valence-corrected chi connectivity index (χ4v) is 2.38. The molecule has 0 bridgehead atoms. The molecule has 1 aliphatic carbocycles. The van der Waals surface area contributed by atoms with Gasteiger partial charge in [0, 0.05) is 11.6 Å². The zero-order valence-corrected chi connectivity index (χ0v) is 12.7. The SMILES string of the molecule is CC(=O)c1ccccc1NC(=O)CN(C1CC1)C(C)C(=O)O. The molecule has 1 atom stereocenters. The van der Waals surface area contributed by atoms with Gasteiger partial charge in [-0.3, -0.25) is 19.3 Å². The van der Waals surface area contributed by atoms with Crippen LogP contribution in [0.2, 0.25) is 0 Å². The number of carboxylic acid groups (broad SMARTS) is 1. The molecule has 6 heteroatoms. The van der Waals surface area contributed by atoms with E-state index in [1.165, 1.54) is 6.92 Å². The van der Waals surface area contributed by atoms with Crippen LogP contribution in [0, 0.1) is 0 Å². The van der Waals surface area contributed by atoms with Crippen LogP contribution in [-0.4, -0.2) is 46.3 Å². The highest BCUT2D eigenvalue weighted by Crippen LogP contribution is 2.28. The third-order valence-electron chi connectivity index (χ3n) is 3.78. The second-order valence-electron chi connectivity index (χ2n) is 5.57. The van der Waals surface area contributed by atoms with Gasteiger partial charge in [0.15, 0.2) is 5.78 Å². The molecule has 1 aromatic carbocycles. The van der Waals surface area contributed by atoms with Crippen LogP contribution in [0.3, 0.4) is 0 Å². The van der Waals surface area contributed by atoms with Crippen molar-refractivity contribution in [2.45, 2.75) is 38.8 Å². The van der Waals surface area contributed by atoms with Crippen LogP contribution < -0.4 is 5.32 Å². The molecule has 22 heavy (non-hydrogen) atoms. The average Bonchev–Trinajstić information content (AvgIpc) is 3.28. The monoisotopic (exact) mass is 304 g/mol. The number of hydrogen-bond acceptors (Lipinski definition) is 4. The Morgan fingerprint density at radius 3 is 2.50 bits per heavy atom. The molecule has 1 unspecified atom stereocenters. The predicted octanol–water partition coefficient (Wildman–Crippen LogP) is 1.77. The summed E-state index contributed by atoms with van der Waals surface area (Å²) in [5.41, 5.74) is 0.902. The maximum Gasteiger partial charge on any atom is 0.320 e. The summed E-state index contributed by atoms with van der Waals surface area (Å²) in [5.74, 6) is -1.38. The smallest absolute Gasteiger partial charge is 0.320 e. The molecular weight excluding hydrogens is 284 g/mol. The van der Waals surface area contributed by atoms with Crippen molar-refractivity contribution in [2.75, 3.05) is 11.9 Å². The summed E-state index contributed by atoms with van der Waals surface area (Å²) in [6, 6.07) is 6.23. The number of carboxylic acids is 1. The maximum atomic E-state index is 12.2. The molecule has 1 aromatic rings. The van der Waals surface area contributed by atoms with Gasteiger partial charge in [0.1, 0.15) is 6.04 Å². The molecule has 1 aliphatic rings. The van der Waals surface area contributed by atoms with Gasteiger partial charge >= 0.3 is 5.97 Å². The zero-order valence-electron chi connectivity index (χ0n) is 12.7. The molecule has 0 saturated heterocycles. The summed E-state index contributed by atoms with van der Waals surface area (Å²) in [6.07, 6.45) is 1.82. The van der Waals surface area contributed by atoms with Gasteiger partial charge in [0.05, 0.1) is 12.2 Å². The molecule has 1 fully saturated rings. The molecule has 118 valence electrons. The van der Waals surface area contributed by atoms with E-state index in [2.05, 4.69) is 5.32 Å². The van der Waals surface area contributed by atoms with Gasteiger partial charge in [0.2, 0.25) is 5.91 Å². The van der Waals surface area contributed by atoms with Gasteiger partial charge < -0.3 is 10.4 Å². The highest BCUT2D eigenvalue weighted by Gasteiger charge is 2.36. The molecular formula is C16H20N2O4. The minimum atomic E-state index is -0.941. The molecule has 2 rings (SSSR count). The highest BCUT2D eigenvalue weighted by molar-refractivity contribution is 6.04. The lowest BCUT2D eigenvalue weighted by molar-refractivity contribution is -0.143. The molecule has 6 nitrogen and oxygen atoms in total. The fourth-order valence-electron chi connectivity index (χ4n) is 2.38. The average molecular weight is 304 g/mol. The number of ketones is 1. The van der Waals surface area contributed by atoms with Crippen molar-refractivity contribution in [2.24, 2.45) is 0 Å². The number of aliphatic carboxylic acids is 1. The van der Waals surface area contributed by atoms with E-state index in [-0.39, 0.29) is 24.3 Å². The summed E-state index contributed by atoms with van der Waals surface area (Å²) < 4.78 is 0.